The number of fused-ring (bicyclic) bond motifs is 2. The number of nitrogens with two attached hydrogens (primary N) is 1. The molecule has 0 aromatic carbocycles. The lowest BCUT2D eigenvalue weighted by Crippen LogP contribution is -2.55. The SMILES string of the molecule is CN1C2CCC1CN(C(C)(CN)CC1CCC1)CC2. The van der Waals surface area contributed by atoms with E-state index in [0.717, 1.165) is 24.5 Å². The van der Waals surface area contributed by atoms with Gasteiger partial charge in [0, 0.05) is 37.3 Å². The van der Waals surface area contributed by atoms with Crippen molar-refractivity contribution in [2.24, 2.45) is 11.7 Å². The Morgan fingerprint density at radius 1 is 1.11 bits per heavy atom. The normalized spacial score (nSPS) is 36.8. The molecule has 0 spiro atoms. The fourth-order valence-corrected chi connectivity index (χ4v) is 4.46. The molecule has 2 aliphatic heterocycles. The van der Waals surface area contributed by atoms with Gasteiger partial charge in [-0.1, -0.05) is 19.3 Å². The number of nitrogens with zero attached hydrogens (tertiary/aromatic N) is 2. The second-order valence-corrected chi connectivity index (χ2v) is 7.49. The van der Waals surface area contributed by atoms with Crippen LogP contribution in [0, 0.1) is 5.92 Å². The third kappa shape index (κ3) is 2.57. The molecule has 0 aromatic rings. The van der Waals surface area contributed by atoms with Crippen molar-refractivity contribution in [1.29, 1.82) is 0 Å². The summed E-state index contributed by atoms with van der Waals surface area (Å²) in [4.78, 5) is 5.38. The van der Waals surface area contributed by atoms with E-state index in [2.05, 4.69) is 23.8 Å². The summed E-state index contributed by atoms with van der Waals surface area (Å²) < 4.78 is 0. The van der Waals surface area contributed by atoms with Crippen LogP contribution in [0.25, 0.3) is 0 Å². The largest absolute Gasteiger partial charge is 0.329 e. The highest BCUT2D eigenvalue weighted by Gasteiger charge is 2.41. The molecule has 3 heteroatoms. The Kier molecular flexibility index (Phi) is 3.89. The standard InChI is InChI=1S/C16H31N3/c1-16(12-17,10-13-4-3-5-13)19-9-8-14-6-7-15(11-19)18(14)2/h13-15H,3-12,17H2,1-2H3. The van der Waals surface area contributed by atoms with Gasteiger partial charge in [0.25, 0.3) is 0 Å². The number of rotatable bonds is 4. The first-order chi connectivity index (χ1) is 9.12. The Morgan fingerprint density at radius 2 is 1.84 bits per heavy atom. The van der Waals surface area contributed by atoms with Crippen molar-refractivity contribution < 1.29 is 0 Å². The monoisotopic (exact) mass is 265 g/mol. The average Bonchev–Trinajstić information content (AvgIpc) is 2.58. The fourth-order valence-electron chi connectivity index (χ4n) is 4.46. The average molecular weight is 265 g/mol. The predicted molar refractivity (Wildman–Crippen MR) is 80.2 cm³/mol. The van der Waals surface area contributed by atoms with E-state index in [4.69, 9.17) is 5.73 Å². The van der Waals surface area contributed by atoms with Gasteiger partial charge in [-0.2, -0.15) is 0 Å². The summed E-state index contributed by atoms with van der Waals surface area (Å²) in [6.45, 7) is 5.74. The molecule has 19 heavy (non-hydrogen) atoms. The van der Waals surface area contributed by atoms with Crippen molar-refractivity contribution in [2.45, 2.75) is 69.5 Å². The molecule has 1 aliphatic carbocycles. The van der Waals surface area contributed by atoms with Crippen LogP contribution in [-0.2, 0) is 0 Å². The van der Waals surface area contributed by atoms with Gasteiger partial charge in [0.2, 0.25) is 0 Å². The highest BCUT2D eigenvalue weighted by atomic mass is 15.3. The third-order valence-corrected chi connectivity index (χ3v) is 6.30. The lowest BCUT2D eigenvalue weighted by Gasteiger charge is -2.45. The predicted octanol–water partition coefficient (Wildman–Crippen LogP) is 2.06. The molecule has 2 bridgehead atoms. The zero-order chi connectivity index (χ0) is 13.5. The summed E-state index contributed by atoms with van der Waals surface area (Å²) in [6.07, 6.45) is 9.79. The van der Waals surface area contributed by atoms with Crippen LogP contribution < -0.4 is 5.73 Å². The van der Waals surface area contributed by atoms with Crippen molar-refractivity contribution in [1.82, 2.24) is 9.80 Å². The first kappa shape index (κ1) is 13.8. The molecule has 3 aliphatic rings. The molecule has 110 valence electrons. The van der Waals surface area contributed by atoms with E-state index in [0.29, 0.717) is 0 Å². The summed E-state index contributed by atoms with van der Waals surface area (Å²) in [5.74, 6) is 0.951. The molecule has 3 atom stereocenters. The fraction of sp³-hybridized carbons (Fsp3) is 1.00. The van der Waals surface area contributed by atoms with E-state index in [1.807, 2.05) is 0 Å². The van der Waals surface area contributed by atoms with Gasteiger partial charge in [-0.25, -0.2) is 0 Å². The number of hydrogen-bond acceptors (Lipinski definition) is 3. The molecule has 0 radical (unpaired) electrons. The summed E-state index contributed by atoms with van der Waals surface area (Å²) in [5, 5.41) is 0. The van der Waals surface area contributed by atoms with Crippen LogP contribution in [0.1, 0.15) is 51.9 Å². The van der Waals surface area contributed by atoms with Crippen LogP contribution in [0.4, 0.5) is 0 Å². The van der Waals surface area contributed by atoms with Gasteiger partial charge in [0.15, 0.2) is 0 Å². The maximum absolute atomic E-state index is 6.19. The number of likely N-dealkylation sites (N-methyl/N-ethyl adjacent to an activating group) is 1. The van der Waals surface area contributed by atoms with E-state index >= 15 is 0 Å². The zero-order valence-electron chi connectivity index (χ0n) is 12.8. The van der Waals surface area contributed by atoms with Gasteiger partial charge in [-0.3, -0.25) is 9.80 Å². The molecule has 2 saturated heterocycles. The van der Waals surface area contributed by atoms with Crippen molar-refractivity contribution in [3.8, 4) is 0 Å². The van der Waals surface area contributed by atoms with E-state index in [-0.39, 0.29) is 5.54 Å². The highest BCUT2D eigenvalue weighted by molar-refractivity contribution is 4.98. The van der Waals surface area contributed by atoms with Gasteiger partial charge < -0.3 is 5.73 Å². The van der Waals surface area contributed by atoms with Crippen LogP contribution in [0.2, 0.25) is 0 Å². The third-order valence-electron chi connectivity index (χ3n) is 6.30. The molecule has 3 fully saturated rings. The minimum absolute atomic E-state index is 0.246. The van der Waals surface area contributed by atoms with E-state index in [1.165, 1.54) is 58.0 Å². The lowest BCUT2D eigenvalue weighted by molar-refractivity contribution is 0.0598. The summed E-state index contributed by atoms with van der Waals surface area (Å²) >= 11 is 0. The number of hydrogen-bond donors (Lipinski definition) is 1. The van der Waals surface area contributed by atoms with Crippen molar-refractivity contribution in [3.05, 3.63) is 0 Å². The second-order valence-electron chi connectivity index (χ2n) is 7.49. The Hall–Kier alpha value is -0.120. The smallest absolute Gasteiger partial charge is 0.0306 e. The summed E-state index contributed by atoms with van der Waals surface area (Å²) in [5.41, 5.74) is 6.44. The molecule has 2 N–H and O–H groups in total. The summed E-state index contributed by atoms with van der Waals surface area (Å²) in [7, 11) is 2.33. The van der Waals surface area contributed by atoms with E-state index in [1.54, 1.807) is 0 Å². The number of likely N-dealkylation sites (tertiary alicyclic amines) is 1. The van der Waals surface area contributed by atoms with Gasteiger partial charge in [0.05, 0.1) is 0 Å². The molecule has 2 heterocycles. The first-order valence-electron chi connectivity index (χ1n) is 8.29. The first-order valence-corrected chi connectivity index (χ1v) is 8.29. The van der Waals surface area contributed by atoms with Crippen molar-refractivity contribution >= 4 is 0 Å². The van der Waals surface area contributed by atoms with Gasteiger partial charge in [-0.15, -0.1) is 0 Å². The van der Waals surface area contributed by atoms with Crippen molar-refractivity contribution in [2.75, 3.05) is 26.7 Å². The van der Waals surface area contributed by atoms with E-state index in [9.17, 15) is 0 Å². The van der Waals surface area contributed by atoms with E-state index < -0.39 is 0 Å². The topological polar surface area (TPSA) is 32.5 Å². The van der Waals surface area contributed by atoms with Gasteiger partial charge in [0.1, 0.15) is 0 Å². The quantitative estimate of drug-likeness (QED) is 0.844. The van der Waals surface area contributed by atoms with Crippen LogP contribution >= 0.6 is 0 Å². The Labute approximate surface area is 118 Å². The minimum atomic E-state index is 0.246. The second kappa shape index (κ2) is 5.34. The molecule has 3 nitrogen and oxygen atoms in total. The molecule has 1 saturated carbocycles. The van der Waals surface area contributed by atoms with Crippen LogP contribution in [-0.4, -0.2) is 54.1 Å². The highest BCUT2D eigenvalue weighted by Crippen LogP contribution is 2.38. The van der Waals surface area contributed by atoms with Crippen LogP contribution in [0.15, 0.2) is 0 Å². The molecular weight excluding hydrogens is 234 g/mol. The Morgan fingerprint density at radius 3 is 2.47 bits per heavy atom. The van der Waals surface area contributed by atoms with Gasteiger partial charge >= 0.3 is 0 Å². The maximum Gasteiger partial charge on any atom is 0.0306 e. The van der Waals surface area contributed by atoms with Gasteiger partial charge in [-0.05, 0) is 45.6 Å². The van der Waals surface area contributed by atoms with Crippen molar-refractivity contribution in [3.63, 3.8) is 0 Å². The Bertz CT molecular complexity index is 315. The molecule has 3 unspecified atom stereocenters. The Balaban J connectivity index is 1.68. The molecule has 3 rings (SSSR count). The zero-order valence-corrected chi connectivity index (χ0v) is 12.8. The van der Waals surface area contributed by atoms with Crippen LogP contribution in [0.5, 0.6) is 0 Å². The summed E-state index contributed by atoms with van der Waals surface area (Å²) in [6, 6.07) is 1.61. The molecular formula is C16H31N3. The van der Waals surface area contributed by atoms with Crippen LogP contribution in [0.3, 0.4) is 0 Å². The molecule has 0 amide bonds. The maximum atomic E-state index is 6.19. The lowest BCUT2D eigenvalue weighted by atomic mass is 9.75. The minimum Gasteiger partial charge on any atom is -0.329 e. The molecule has 0 aromatic heterocycles.